The summed E-state index contributed by atoms with van der Waals surface area (Å²) < 4.78 is 72.3. The van der Waals surface area contributed by atoms with Crippen LogP contribution in [0.2, 0.25) is 5.02 Å². The summed E-state index contributed by atoms with van der Waals surface area (Å²) >= 11 is 5.93. The van der Waals surface area contributed by atoms with E-state index in [4.69, 9.17) is 11.6 Å². The number of aryl methyl sites for hydroxylation is 1. The van der Waals surface area contributed by atoms with E-state index >= 15 is 0 Å². The number of pyridine rings is 1. The molecular formula is C30H28ClF6N. The molecular weight excluding hydrogens is 524 g/mol. The molecule has 1 heterocycles. The molecule has 0 aliphatic heterocycles. The van der Waals surface area contributed by atoms with E-state index in [-0.39, 0.29) is 12.0 Å². The summed E-state index contributed by atoms with van der Waals surface area (Å²) in [7, 11) is 0. The van der Waals surface area contributed by atoms with Crippen LogP contribution >= 0.6 is 11.6 Å². The van der Waals surface area contributed by atoms with Crippen LogP contribution in [-0.2, 0) is 12.8 Å². The smallest absolute Gasteiger partial charge is 0.259 e. The van der Waals surface area contributed by atoms with Gasteiger partial charge in [-0.1, -0.05) is 96.1 Å². The SMILES string of the molecule is C\C=C(/C=C\C=C\C(F)(F)F)C(Cc1ccccc1)c1ccc(Cl)cn1.Cc1ccc(CC(F)(F)F)cc1. The monoisotopic (exact) mass is 551 g/mol. The Kier molecular flexibility index (Phi) is 11.9. The third-order valence-electron chi connectivity index (χ3n) is 5.34. The van der Waals surface area contributed by atoms with Gasteiger partial charge in [0, 0.05) is 23.9 Å². The van der Waals surface area contributed by atoms with Crippen LogP contribution in [0.1, 0.15) is 35.2 Å². The number of allylic oxidation sites excluding steroid dienone is 6. The summed E-state index contributed by atoms with van der Waals surface area (Å²) in [5.74, 6) is -0.0878. The molecule has 202 valence electrons. The maximum Gasteiger partial charge on any atom is 0.409 e. The highest BCUT2D eigenvalue weighted by atomic mass is 35.5. The molecule has 0 aliphatic rings. The molecule has 0 amide bonds. The van der Waals surface area contributed by atoms with E-state index in [2.05, 4.69) is 4.98 Å². The molecule has 3 rings (SSSR count). The minimum atomic E-state index is -4.32. The van der Waals surface area contributed by atoms with Crippen molar-refractivity contribution in [1.29, 1.82) is 0 Å². The number of aromatic nitrogens is 1. The predicted octanol–water partition coefficient (Wildman–Crippen LogP) is 9.78. The van der Waals surface area contributed by atoms with Gasteiger partial charge in [-0.25, -0.2) is 0 Å². The topological polar surface area (TPSA) is 12.9 Å². The van der Waals surface area contributed by atoms with E-state index < -0.39 is 18.8 Å². The quantitative estimate of drug-likeness (QED) is 0.210. The zero-order valence-electron chi connectivity index (χ0n) is 20.9. The predicted molar refractivity (Wildman–Crippen MR) is 141 cm³/mol. The Hall–Kier alpha value is -3.32. The fourth-order valence-electron chi connectivity index (χ4n) is 3.52. The lowest BCUT2D eigenvalue weighted by atomic mass is 9.88. The Balaban J connectivity index is 0.000000352. The second-order valence-corrected chi connectivity index (χ2v) is 8.91. The molecule has 0 fully saturated rings. The van der Waals surface area contributed by atoms with E-state index in [1.165, 1.54) is 18.2 Å². The van der Waals surface area contributed by atoms with Crippen molar-refractivity contribution in [2.24, 2.45) is 0 Å². The Labute approximate surface area is 224 Å². The van der Waals surface area contributed by atoms with E-state index in [1.54, 1.807) is 30.5 Å². The molecule has 38 heavy (non-hydrogen) atoms. The summed E-state index contributed by atoms with van der Waals surface area (Å²) in [5, 5.41) is 0.540. The van der Waals surface area contributed by atoms with Crippen molar-refractivity contribution < 1.29 is 26.3 Å². The average molecular weight is 552 g/mol. The lowest BCUT2D eigenvalue weighted by molar-refractivity contribution is -0.127. The van der Waals surface area contributed by atoms with Gasteiger partial charge in [-0.05, 0) is 49.1 Å². The second kappa shape index (κ2) is 14.6. The summed E-state index contributed by atoms with van der Waals surface area (Å²) in [6, 6.07) is 19.9. The van der Waals surface area contributed by atoms with E-state index in [0.29, 0.717) is 17.0 Å². The molecule has 8 heteroatoms. The highest BCUT2D eigenvalue weighted by molar-refractivity contribution is 6.30. The largest absolute Gasteiger partial charge is 0.409 e. The first kappa shape index (κ1) is 30.9. The molecule has 3 aromatic rings. The Morgan fingerprint density at radius 1 is 0.868 bits per heavy atom. The fraction of sp³-hybridized carbons (Fsp3) is 0.233. The van der Waals surface area contributed by atoms with Gasteiger partial charge in [0.15, 0.2) is 0 Å². The highest BCUT2D eigenvalue weighted by Gasteiger charge is 2.27. The van der Waals surface area contributed by atoms with Gasteiger partial charge in [0.25, 0.3) is 0 Å². The van der Waals surface area contributed by atoms with Crippen LogP contribution in [0.4, 0.5) is 26.3 Å². The molecule has 0 N–H and O–H groups in total. The second-order valence-electron chi connectivity index (χ2n) is 8.47. The molecule has 1 atom stereocenters. The van der Waals surface area contributed by atoms with Gasteiger partial charge in [-0.2, -0.15) is 26.3 Å². The average Bonchev–Trinajstić information content (AvgIpc) is 2.85. The van der Waals surface area contributed by atoms with Gasteiger partial charge in [-0.15, -0.1) is 0 Å². The zero-order chi connectivity index (χ0) is 28.2. The molecule has 0 saturated carbocycles. The highest BCUT2D eigenvalue weighted by Crippen LogP contribution is 2.29. The minimum Gasteiger partial charge on any atom is -0.259 e. The summed E-state index contributed by atoms with van der Waals surface area (Å²) in [6.45, 7) is 3.71. The standard InChI is InChI=1S/C21H19ClF3N.C9H9F3/c1-2-17(10-6-7-13-21(23,24)25)19(14-16-8-4-3-5-9-16)20-12-11-18(22)15-26-20;1-7-2-4-8(5-3-7)6-9(10,11)12/h2-13,15,19H,14H2,1H3;2-5H,6H2,1H3/b10-6-,13-7+,17-2+;. The van der Waals surface area contributed by atoms with E-state index in [0.717, 1.165) is 28.5 Å². The van der Waals surface area contributed by atoms with Gasteiger partial charge < -0.3 is 0 Å². The Morgan fingerprint density at radius 2 is 1.53 bits per heavy atom. The molecule has 1 aromatic heterocycles. The molecule has 1 nitrogen and oxygen atoms in total. The summed E-state index contributed by atoms with van der Waals surface area (Å²) in [5.41, 5.74) is 4.10. The van der Waals surface area contributed by atoms with Crippen LogP contribution < -0.4 is 0 Å². The number of rotatable bonds is 7. The van der Waals surface area contributed by atoms with Crippen molar-refractivity contribution in [2.75, 3.05) is 0 Å². The Morgan fingerprint density at radius 3 is 2.05 bits per heavy atom. The number of hydrogen-bond acceptors (Lipinski definition) is 1. The van der Waals surface area contributed by atoms with E-state index in [9.17, 15) is 26.3 Å². The fourth-order valence-corrected chi connectivity index (χ4v) is 3.63. The van der Waals surface area contributed by atoms with Crippen molar-refractivity contribution in [3.8, 4) is 0 Å². The maximum absolute atomic E-state index is 12.3. The summed E-state index contributed by atoms with van der Waals surface area (Å²) in [6.07, 6.45) is -0.811. The van der Waals surface area contributed by atoms with Crippen LogP contribution in [0.5, 0.6) is 0 Å². The first-order chi connectivity index (χ1) is 17.9. The van der Waals surface area contributed by atoms with Crippen molar-refractivity contribution >= 4 is 11.6 Å². The summed E-state index contributed by atoms with van der Waals surface area (Å²) in [4.78, 5) is 4.41. The van der Waals surface area contributed by atoms with Gasteiger partial charge in [0.1, 0.15) is 0 Å². The molecule has 0 saturated heterocycles. The van der Waals surface area contributed by atoms with E-state index in [1.807, 2.05) is 56.3 Å². The number of alkyl halides is 6. The van der Waals surface area contributed by atoms with Crippen molar-refractivity contribution in [3.05, 3.63) is 136 Å². The third kappa shape index (κ3) is 12.3. The van der Waals surface area contributed by atoms with Crippen LogP contribution in [0, 0.1) is 6.92 Å². The molecule has 1 unspecified atom stereocenters. The molecule has 2 aromatic carbocycles. The number of benzene rings is 2. The molecule has 0 radical (unpaired) electrons. The van der Waals surface area contributed by atoms with Crippen molar-refractivity contribution in [3.63, 3.8) is 0 Å². The zero-order valence-corrected chi connectivity index (χ0v) is 21.7. The molecule has 0 spiro atoms. The normalized spacial score (nSPS) is 13.4. The van der Waals surface area contributed by atoms with Gasteiger partial charge in [-0.3, -0.25) is 4.98 Å². The van der Waals surface area contributed by atoms with Gasteiger partial charge >= 0.3 is 12.4 Å². The van der Waals surface area contributed by atoms with Gasteiger partial charge in [0.05, 0.1) is 11.4 Å². The first-order valence-corrected chi connectivity index (χ1v) is 12.1. The van der Waals surface area contributed by atoms with Crippen LogP contribution in [-0.4, -0.2) is 17.3 Å². The number of halogens is 7. The van der Waals surface area contributed by atoms with Crippen LogP contribution in [0.3, 0.4) is 0 Å². The minimum absolute atomic E-state index is 0.0878. The molecule has 0 bridgehead atoms. The van der Waals surface area contributed by atoms with Crippen LogP contribution in [0.15, 0.2) is 109 Å². The van der Waals surface area contributed by atoms with Crippen molar-refractivity contribution in [1.82, 2.24) is 4.98 Å². The lowest BCUT2D eigenvalue weighted by Crippen LogP contribution is -2.11. The first-order valence-electron chi connectivity index (χ1n) is 11.7. The maximum atomic E-state index is 12.3. The Bertz CT molecular complexity index is 1190. The van der Waals surface area contributed by atoms with Crippen molar-refractivity contribution in [2.45, 2.75) is 45.0 Å². The number of hydrogen-bond donors (Lipinski definition) is 0. The molecule has 0 aliphatic carbocycles. The number of nitrogens with zero attached hydrogens (tertiary/aromatic N) is 1. The van der Waals surface area contributed by atoms with Gasteiger partial charge in [0.2, 0.25) is 0 Å². The van der Waals surface area contributed by atoms with Crippen LogP contribution in [0.25, 0.3) is 0 Å². The third-order valence-corrected chi connectivity index (χ3v) is 5.56. The lowest BCUT2D eigenvalue weighted by Gasteiger charge is -2.18.